The van der Waals surface area contributed by atoms with Crippen molar-refractivity contribution in [2.24, 2.45) is 0 Å². The van der Waals surface area contributed by atoms with Crippen LogP contribution in [-0.4, -0.2) is 44.8 Å². The van der Waals surface area contributed by atoms with Gasteiger partial charge in [0.05, 0.1) is 18.5 Å². The lowest BCUT2D eigenvalue weighted by atomic mass is 10.5. The molecule has 0 aliphatic carbocycles. The number of rotatable bonds is 8. The highest BCUT2D eigenvalue weighted by Gasteiger charge is 2.26. The lowest BCUT2D eigenvalue weighted by Gasteiger charge is -2.19. The fourth-order valence-corrected chi connectivity index (χ4v) is 4.49. The van der Waals surface area contributed by atoms with E-state index < -0.39 is 9.84 Å². The second kappa shape index (κ2) is 7.24. The van der Waals surface area contributed by atoms with Gasteiger partial charge in [-0.25, -0.2) is 8.42 Å². The predicted molar refractivity (Wildman–Crippen MR) is 83.2 cm³/mol. The Labute approximate surface area is 125 Å². The summed E-state index contributed by atoms with van der Waals surface area (Å²) in [4.78, 5) is 2.00. The molecular formula is C12H23N3O3S2. The van der Waals surface area contributed by atoms with Crippen molar-refractivity contribution < 1.29 is 13.2 Å². The zero-order valence-electron chi connectivity index (χ0n) is 12.4. The molecule has 0 aliphatic heterocycles. The molecule has 6 nitrogen and oxygen atoms in total. The minimum Gasteiger partial charge on any atom is -0.382 e. The largest absolute Gasteiger partial charge is 0.382 e. The number of nitrogens with two attached hydrogens (primary N) is 1. The van der Waals surface area contributed by atoms with Crippen LogP contribution < -0.4 is 10.6 Å². The third-order valence-corrected chi connectivity index (χ3v) is 5.74. The van der Waals surface area contributed by atoms with Crippen LogP contribution in [0.4, 0.5) is 10.8 Å². The molecule has 0 aromatic carbocycles. The van der Waals surface area contributed by atoms with Crippen molar-refractivity contribution in [2.75, 3.05) is 36.6 Å². The molecule has 0 saturated carbocycles. The molecule has 1 aromatic heterocycles. The molecule has 0 bridgehead atoms. The fourth-order valence-electron chi connectivity index (χ4n) is 1.72. The van der Waals surface area contributed by atoms with Crippen LogP contribution in [-0.2, 0) is 14.6 Å². The van der Waals surface area contributed by atoms with Crippen LogP contribution in [0.3, 0.4) is 0 Å². The zero-order chi connectivity index (χ0) is 15.3. The minimum absolute atomic E-state index is 0.0823. The average molecular weight is 321 g/mol. The van der Waals surface area contributed by atoms with E-state index >= 15 is 0 Å². The Morgan fingerprint density at radius 1 is 1.45 bits per heavy atom. The van der Waals surface area contributed by atoms with Crippen LogP contribution in [0.1, 0.15) is 27.2 Å². The van der Waals surface area contributed by atoms with Crippen molar-refractivity contribution in [1.82, 2.24) is 4.37 Å². The van der Waals surface area contributed by atoms with Crippen LogP contribution in [0.5, 0.6) is 0 Å². The van der Waals surface area contributed by atoms with E-state index in [1.54, 1.807) is 0 Å². The number of nitrogens with zero attached hydrogens (tertiary/aromatic N) is 2. The van der Waals surface area contributed by atoms with Crippen LogP contribution in [0.15, 0.2) is 4.90 Å². The number of ether oxygens (including phenoxy) is 1. The van der Waals surface area contributed by atoms with Crippen molar-refractivity contribution in [3.63, 3.8) is 0 Å². The topological polar surface area (TPSA) is 85.5 Å². The average Bonchev–Trinajstić information content (AvgIpc) is 2.71. The van der Waals surface area contributed by atoms with Crippen molar-refractivity contribution in [1.29, 1.82) is 0 Å². The molecular weight excluding hydrogens is 298 g/mol. The second-order valence-electron chi connectivity index (χ2n) is 4.86. The van der Waals surface area contributed by atoms with Gasteiger partial charge in [-0.1, -0.05) is 6.92 Å². The van der Waals surface area contributed by atoms with Crippen molar-refractivity contribution in [3.8, 4) is 0 Å². The second-order valence-corrected chi connectivity index (χ2v) is 7.66. The van der Waals surface area contributed by atoms with Gasteiger partial charge >= 0.3 is 0 Å². The maximum Gasteiger partial charge on any atom is 0.185 e. The highest BCUT2D eigenvalue weighted by molar-refractivity contribution is 7.91. The first kappa shape index (κ1) is 17.2. The standard InChI is InChI=1S/C12H23N3O3S2/c1-5-8-20(16,17)10-11(13)14-19-12(10)15(4)6-7-18-9(2)3/h9H,5-8H2,1-4H3,(H2,13,14). The monoisotopic (exact) mass is 321 g/mol. The smallest absolute Gasteiger partial charge is 0.185 e. The van der Waals surface area contributed by atoms with E-state index in [0.29, 0.717) is 24.6 Å². The van der Waals surface area contributed by atoms with Gasteiger partial charge in [0.15, 0.2) is 15.7 Å². The molecule has 1 heterocycles. The molecule has 20 heavy (non-hydrogen) atoms. The lowest BCUT2D eigenvalue weighted by Crippen LogP contribution is -2.25. The van der Waals surface area contributed by atoms with E-state index in [2.05, 4.69) is 4.37 Å². The first-order chi connectivity index (χ1) is 9.29. The first-order valence-electron chi connectivity index (χ1n) is 6.60. The van der Waals surface area contributed by atoms with Crippen LogP contribution >= 0.6 is 11.5 Å². The van der Waals surface area contributed by atoms with Crippen molar-refractivity contribution in [2.45, 2.75) is 38.2 Å². The van der Waals surface area contributed by atoms with Gasteiger partial charge in [0.2, 0.25) is 0 Å². The molecule has 1 aromatic rings. The maximum absolute atomic E-state index is 12.3. The van der Waals surface area contributed by atoms with Gasteiger partial charge < -0.3 is 15.4 Å². The van der Waals surface area contributed by atoms with Crippen LogP contribution in [0.25, 0.3) is 0 Å². The number of aromatic nitrogens is 1. The highest BCUT2D eigenvalue weighted by Crippen LogP contribution is 2.34. The zero-order valence-corrected chi connectivity index (χ0v) is 14.1. The summed E-state index contributed by atoms with van der Waals surface area (Å²) in [7, 11) is -1.55. The number of likely N-dealkylation sites (N-methyl/N-ethyl adjacent to an activating group) is 1. The molecule has 0 radical (unpaired) electrons. The van der Waals surface area contributed by atoms with Gasteiger partial charge in [-0.15, -0.1) is 0 Å². The van der Waals surface area contributed by atoms with E-state index in [1.165, 1.54) is 0 Å². The third-order valence-electron chi connectivity index (χ3n) is 2.67. The Kier molecular flexibility index (Phi) is 6.22. The molecule has 116 valence electrons. The summed E-state index contributed by atoms with van der Waals surface area (Å²) in [6.45, 7) is 6.87. The van der Waals surface area contributed by atoms with Crippen LogP contribution in [0, 0.1) is 0 Å². The molecule has 0 amide bonds. The number of sulfone groups is 1. The van der Waals surface area contributed by atoms with E-state index in [9.17, 15) is 8.42 Å². The summed E-state index contributed by atoms with van der Waals surface area (Å²) in [6, 6.07) is 0. The van der Waals surface area contributed by atoms with E-state index in [1.807, 2.05) is 32.7 Å². The molecule has 0 fully saturated rings. The Morgan fingerprint density at radius 2 is 2.10 bits per heavy atom. The van der Waals surface area contributed by atoms with Crippen molar-refractivity contribution in [3.05, 3.63) is 0 Å². The molecule has 0 spiro atoms. The van der Waals surface area contributed by atoms with Gasteiger partial charge in [0.25, 0.3) is 0 Å². The number of hydrogen-bond donors (Lipinski definition) is 1. The first-order valence-corrected chi connectivity index (χ1v) is 9.02. The van der Waals surface area contributed by atoms with Crippen molar-refractivity contribution >= 4 is 32.2 Å². The van der Waals surface area contributed by atoms with Gasteiger partial charge in [0.1, 0.15) is 9.90 Å². The van der Waals surface area contributed by atoms with Gasteiger partial charge in [-0.2, -0.15) is 4.37 Å². The van der Waals surface area contributed by atoms with Gasteiger partial charge in [-0.05, 0) is 31.8 Å². The normalized spacial score (nSPS) is 12.1. The molecule has 0 unspecified atom stereocenters. The maximum atomic E-state index is 12.3. The van der Waals surface area contributed by atoms with Crippen LogP contribution in [0.2, 0.25) is 0 Å². The van der Waals surface area contributed by atoms with Gasteiger partial charge in [0, 0.05) is 13.6 Å². The molecule has 0 aliphatic rings. The summed E-state index contributed by atoms with van der Waals surface area (Å²) < 4.78 is 34.0. The highest BCUT2D eigenvalue weighted by atomic mass is 32.2. The summed E-state index contributed by atoms with van der Waals surface area (Å²) in [6.07, 6.45) is 0.704. The minimum atomic E-state index is -3.37. The predicted octanol–water partition coefficient (Wildman–Crippen LogP) is 1.77. The number of anilines is 2. The number of nitrogen functional groups attached to an aromatic ring is 1. The summed E-state index contributed by atoms with van der Waals surface area (Å²) in [5.74, 6) is 0.175. The Bertz CT molecular complexity index is 526. The number of hydrogen-bond acceptors (Lipinski definition) is 7. The van der Waals surface area contributed by atoms with Gasteiger partial charge in [-0.3, -0.25) is 0 Å². The Balaban J connectivity index is 2.91. The van der Waals surface area contributed by atoms with E-state index in [4.69, 9.17) is 10.5 Å². The fraction of sp³-hybridized carbons (Fsp3) is 0.750. The summed E-state index contributed by atoms with van der Waals surface area (Å²) in [5.41, 5.74) is 5.73. The quantitative estimate of drug-likeness (QED) is 0.785. The SMILES string of the molecule is CCCS(=O)(=O)c1c(N)nsc1N(C)CCOC(C)C. The molecule has 0 saturated heterocycles. The summed E-state index contributed by atoms with van der Waals surface area (Å²) in [5, 5.41) is 0.586. The molecule has 0 atom stereocenters. The van der Waals surface area contributed by atoms with E-state index in [0.717, 1.165) is 11.5 Å². The third kappa shape index (κ3) is 4.32. The Hall–Kier alpha value is -0.860. The van der Waals surface area contributed by atoms with E-state index in [-0.39, 0.29) is 22.6 Å². The summed E-state index contributed by atoms with van der Waals surface area (Å²) >= 11 is 1.11. The molecule has 1 rings (SSSR count). The Morgan fingerprint density at radius 3 is 2.65 bits per heavy atom. The lowest BCUT2D eigenvalue weighted by molar-refractivity contribution is 0.0846. The molecule has 2 N–H and O–H groups in total. The molecule has 8 heteroatoms.